The summed E-state index contributed by atoms with van der Waals surface area (Å²) in [5, 5.41) is 10.2. The maximum absolute atomic E-state index is 12.5. The van der Waals surface area contributed by atoms with E-state index in [4.69, 9.17) is 4.42 Å². The molecule has 0 bridgehead atoms. The number of carbonyl (C=O) groups is 1. The van der Waals surface area contributed by atoms with Crippen molar-refractivity contribution >= 4 is 5.91 Å². The Balaban J connectivity index is 1.55. The molecule has 116 valence electrons. The Morgan fingerprint density at radius 3 is 2.86 bits per heavy atom. The zero-order valence-electron chi connectivity index (χ0n) is 12.5. The van der Waals surface area contributed by atoms with Crippen LogP contribution in [-0.4, -0.2) is 28.5 Å². The van der Waals surface area contributed by atoms with Gasteiger partial charge in [-0.3, -0.25) is 4.79 Å². The zero-order valence-corrected chi connectivity index (χ0v) is 12.5. The van der Waals surface area contributed by atoms with E-state index < -0.39 is 6.10 Å². The third-order valence-corrected chi connectivity index (χ3v) is 5.00. The van der Waals surface area contributed by atoms with Crippen LogP contribution in [0.15, 0.2) is 22.8 Å². The summed E-state index contributed by atoms with van der Waals surface area (Å²) in [4.78, 5) is 14.5. The van der Waals surface area contributed by atoms with E-state index >= 15 is 0 Å². The van der Waals surface area contributed by atoms with E-state index in [1.54, 1.807) is 18.4 Å². The Morgan fingerprint density at radius 1 is 1.33 bits per heavy atom. The van der Waals surface area contributed by atoms with E-state index in [9.17, 15) is 9.90 Å². The molecule has 4 heteroatoms. The highest BCUT2D eigenvalue weighted by molar-refractivity contribution is 5.77. The number of carbonyl (C=O) groups excluding carboxylic acids is 1. The average molecular weight is 291 g/mol. The molecule has 2 atom stereocenters. The van der Waals surface area contributed by atoms with Crippen molar-refractivity contribution in [3.63, 3.8) is 0 Å². The van der Waals surface area contributed by atoms with Crippen LogP contribution >= 0.6 is 0 Å². The van der Waals surface area contributed by atoms with Crippen molar-refractivity contribution in [3.8, 4) is 0 Å². The minimum Gasteiger partial charge on any atom is -0.467 e. The molecule has 1 amide bonds. The maximum Gasteiger partial charge on any atom is 0.223 e. The molecular formula is C17H25NO3. The molecule has 1 N–H and O–H groups in total. The molecular weight excluding hydrogens is 266 g/mol. The standard InChI is InChI=1S/C17H25NO3/c19-15(16-8-4-10-21-16)12-14-7-3-9-18(14)17(20)11-13-5-1-2-6-13/h4,8,10,13-15,19H,1-3,5-7,9,11-12H2. The fourth-order valence-electron chi connectivity index (χ4n) is 3.84. The monoisotopic (exact) mass is 291 g/mol. The summed E-state index contributed by atoms with van der Waals surface area (Å²) in [5.74, 6) is 1.48. The molecule has 2 fully saturated rings. The Labute approximate surface area is 126 Å². The highest BCUT2D eigenvalue weighted by Crippen LogP contribution is 2.32. The van der Waals surface area contributed by atoms with Crippen LogP contribution in [0.2, 0.25) is 0 Å². The molecule has 2 heterocycles. The second-order valence-corrected chi connectivity index (χ2v) is 6.50. The van der Waals surface area contributed by atoms with E-state index in [0.717, 1.165) is 19.4 Å². The van der Waals surface area contributed by atoms with Gasteiger partial charge in [-0.25, -0.2) is 0 Å². The highest BCUT2D eigenvalue weighted by Gasteiger charge is 2.32. The molecule has 2 aliphatic rings. The van der Waals surface area contributed by atoms with E-state index in [1.165, 1.54) is 25.7 Å². The molecule has 3 rings (SSSR count). The lowest BCUT2D eigenvalue weighted by atomic mass is 10.0. The first-order valence-corrected chi connectivity index (χ1v) is 8.25. The van der Waals surface area contributed by atoms with Crippen LogP contribution in [0, 0.1) is 5.92 Å². The SMILES string of the molecule is O=C(CC1CCCC1)N1CCCC1CC(O)c1ccco1. The fraction of sp³-hybridized carbons (Fsp3) is 0.706. The normalized spacial score (nSPS) is 24.6. The van der Waals surface area contributed by atoms with Gasteiger partial charge < -0.3 is 14.4 Å². The number of furan rings is 1. The van der Waals surface area contributed by atoms with Gasteiger partial charge in [-0.1, -0.05) is 12.8 Å². The molecule has 0 radical (unpaired) electrons. The predicted octanol–water partition coefficient (Wildman–Crippen LogP) is 3.27. The summed E-state index contributed by atoms with van der Waals surface area (Å²) < 4.78 is 5.26. The molecule has 4 nitrogen and oxygen atoms in total. The van der Waals surface area contributed by atoms with E-state index in [2.05, 4.69) is 0 Å². The lowest BCUT2D eigenvalue weighted by Crippen LogP contribution is -2.37. The van der Waals surface area contributed by atoms with Crippen LogP contribution in [-0.2, 0) is 4.79 Å². The van der Waals surface area contributed by atoms with Gasteiger partial charge in [-0.2, -0.15) is 0 Å². The van der Waals surface area contributed by atoms with Gasteiger partial charge in [0.15, 0.2) is 0 Å². The lowest BCUT2D eigenvalue weighted by molar-refractivity contribution is -0.133. The Morgan fingerprint density at radius 2 is 2.14 bits per heavy atom. The molecule has 21 heavy (non-hydrogen) atoms. The summed E-state index contributed by atoms with van der Waals surface area (Å²) in [7, 11) is 0. The molecule has 1 aromatic heterocycles. The van der Waals surface area contributed by atoms with Crippen LogP contribution < -0.4 is 0 Å². The number of amides is 1. The second-order valence-electron chi connectivity index (χ2n) is 6.50. The molecule has 1 aromatic rings. The first kappa shape index (κ1) is 14.6. The molecule has 1 aliphatic heterocycles. The summed E-state index contributed by atoms with van der Waals surface area (Å²) in [5.41, 5.74) is 0. The van der Waals surface area contributed by atoms with Crippen LogP contribution in [0.3, 0.4) is 0 Å². The summed E-state index contributed by atoms with van der Waals surface area (Å²) in [6, 6.07) is 3.75. The maximum atomic E-state index is 12.5. The van der Waals surface area contributed by atoms with Gasteiger partial charge >= 0.3 is 0 Å². The van der Waals surface area contributed by atoms with Gasteiger partial charge in [0.25, 0.3) is 0 Å². The van der Waals surface area contributed by atoms with Crippen molar-refractivity contribution in [3.05, 3.63) is 24.2 Å². The molecule has 1 saturated heterocycles. The smallest absolute Gasteiger partial charge is 0.223 e. The number of nitrogens with zero attached hydrogens (tertiary/aromatic N) is 1. The quantitative estimate of drug-likeness (QED) is 0.906. The van der Waals surface area contributed by atoms with Crippen molar-refractivity contribution in [2.45, 2.75) is 63.5 Å². The summed E-state index contributed by atoms with van der Waals surface area (Å²) in [6.45, 7) is 0.848. The van der Waals surface area contributed by atoms with Gasteiger partial charge in [-0.15, -0.1) is 0 Å². The predicted molar refractivity (Wildman–Crippen MR) is 79.6 cm³/mol. The van der Waals surface area contributed by atoms with Crippen LogP contribution in [0.1, 0.15) is 63.2 Å². The largest absolute Gasteiger partial charge is 0.467 e. The minimum atomic E-state index is -0.607. The summed E-state index contributed by atoms with van der Waals surface area (Å²) in [6.07, 6.45) is 9.27. The van der Waals surface area contributed by atoms with E-state index in [-0.39, 0.29) is 11.9 Å². The Bertz CT molecular complexity index is 451. The van der Waals surface area contributed by atoms with Crippen LogP contribution in [0.5, 0.6) is 0 Å². The van der Waals surface area contributed by atoms with Gasteiger partial charge in [-0.05, 0) is 43.7 Å². The van der Waals surface area contributed by atoms with Crippen molar-refractivity contribution in [1.82, 2.24) is 4.90 Å². The number of likely N-dealkylation sites (tertiary alicyclic amines) is 1. The van der Waals surface area contributed by atoms with Gasteiger partial charge in [0.05, 0.1) is 6.26 Å². The van der Waals surface area contributed by atoms with Crippen molar-refractivity contribution in [2.75, 3.05) is 6.54 Å². The molecule has 1 aliphatic carbocycles. The van der Waals surface area contributed by atoms with Crippen molar-refractivity contribution in [2.24, 2.45) is 5.92 Å². The zero-order chi connectivity index (χ0) is 14.7. The Kier molecular flexibility index (Phi) is 4.63. The van der Waals surface area contributed by atoms with Gasteiger partial charge in [0.1, 0.15) is 11.9 Å². The highest BCUT2D eigenvalue weighted by atomic mass is 16.4. The van der Waals surface area contributed by atoms with E-state index in [1.807, 2.05) is 4.90 Å². The first-order valence-electron chi connectivity index (χ1n) is 8.25. The third-order valence-electron chi connectivity index (χ3n) is 5.00. The summed E-state index contributed by atoms with van der Waals surface area (Å²) >= 11 is 0. The van der Waals surface area contributed by atoms with Crippen LogP contribution in [0.4, 0.5) is 0 Å². The Hall–Kier alpha value is -1.29. The topological polar surface area (TPSA) is 53.7 Å². The number of aliphatic hydroxyl groups is 1. The lowest BCUT2D eigenvalue weighted by Gasteiger charge is -2.27. The van der Waals surface area contributed by atoms with Gasteiger partial charge in [0.2, 0.25) is 5.91 Å². The van der Waals surface area contributed by atoms with Crippen LogP contribution in [0.25, 0.3) is 0 Å². The number of hydrogen-bond acceptors (Lipinski definition) is 3. The molecule has 1 saturated carbocycles. The number of hydrogen-bond donors (Lipinski definition) is 1. The third kappa shape index (κ3) is 3.49. The second kappa shape index (κ2) is 6.65. The van der Waals surface area contributed by atoms with E-state index in [0.29, 0.717) is 24.5 Å². The molecule has 0 aromatic carbocycles. The number of rotatable bonds is 5. The van der Waals surface area contributed by atoms with Crippen molar-refractivity contribution in [1.29, 1.82) is 0 Å². The molecule has 2 unspecified atom stereocenters. The van der Waals surface area contributed by atoms with Gasteiger partial charge in [0, 0.05) is 25.4 Å². The fourth-order valence-corrected chi connectivity index (χ4v) is 3.84. The first-order chi connectivity index (χ1) is 10.2. The molecule has 0 spiro atoms. The average Bonchev–Trinajstić information content (AvgIpc) is 3.21. The van der Waals surface area contributed by atoms with Crippen molar-refractivity contribution < 1.29 is 14.3 Å². The minimum absolute atomic E-state index is 0.166. The number of aliphatic hydroxyl groups excluding tert-OH is 1.